The van der Waals surface area contributed by atoms with Gasteiger partial charge < -0.3 is 39.2 Å². The highest BCUT2D eigenvalue weighted by molar-refractivity contribution is 5.77. The van der Waals surface area contributed by atoms with Gasteiger partial charge >= 0.3 is 23.9 Å². The van der Waals surface area contributed by atoms with E-state index in [0.29, 0.717) is 0 Å². The van der Waals surface area contributed by atoms with Crippen molar-refractivity contribution >= 4 is 29.6 Å². The molecule has 1 heterocycles. The number of aliphatic hydroxyl groups excluding tert-OH is 1. The van der Waals surface area contributed by atoms with Crippen molar-refractivity contribution in [1.29, 1.82) is 0 Å². The number of nitrogens with one attached hydrogen (secondary N) is 1. The maximum Gasteiger partial charge on any atom is 0.339 e. The first-order valence-electron chi connectivity index (χ1n) is 9.51. The van der Waals surface area contributed by atoms with Gasteiger partial charge in [-0.3, -0.25) is 14.4 Å². The number of carbonyl (C=O) groups is 4. The Kier molecular flexibility index (Phi) is 8.38. The number of benzene rings is 1. The summed E-state index contributed by atoms with van der Waals surface area (Å²) >= 11 is 0. The van der Waals surface area contributed by atoms with Crippen molar-refractivity contribution in [3.63, 3.8) is 0 Å². The standard InChI is InChI=1S/C20H25NO11/c1-9(23)29-15-16(30-10(2)24)18(20(27)28-4)32-19(17(15)31-11(3)25)21-13-6-5-12(8-22)14(26)7-13/h5-7,15-19,21-22,26H,8H2,1-4H3/t15-,16-,17+,18-,19+/m0/s1. The Bertz CT molecular complexity index is 871. The number of anilines is 1. The SMILES string of the molecule is COC(=O)[C@H]1O[C@@H](Nc2ccc(CO)c(O)c2)[C@H](OC(C)=O)[C@@H](OC(C)=O)[C@@H]1OC(C)=O. The molecule has 0 bridgehead atoms. The minimum atomic E-state index is -1.54. The van der Waals surface area contributed by atoms with Crippen molar-refractivity contribution in [2.75, 3.05) is 12.4 Å². The molecule has 0 saturated carbocycles. The van der Waals surface area contributed by atoms with Crippen LogP contribution in [0.1, 0.15) is 26.3 Å². The third-order valence-electron chi connectivity index (χ3n) is 4.44. The van der Waals surface area contributed by atoms with Crippen LogP contribution >= 0.6 is 0 Å². The smallest absolute Gasteiger partial charge is 0.339 e. The van der Waals surface area contributed by atoms with Crippen molar-refractivity contribution in [2.45, 2.75) is 58.0 Å². The lowest BCUT2D eigenvalue weighted by Gasteiger charge is -2.43. The number of phenols is 1. The van der Waals surface area contributed by atoms with E-state index < -0.39 is 61.1 Å². The number of methoxy groups -OCH3 is 1. The second-order valence-corrected chi connectivity index (χ2v) is 6.87. The number of hydrogen-bond acceptors (Lipinski definition) is 12. The first kappa shape index (κ1) is 24.9. The minimum absolute atomic E-state index is 0.226. The summed E-state index contributed by atoms with van der Waals surface area (Å²) in [7, 11) is 1.09. The highest BCUT2D eigenvalue weighted by atomic mass is 16.7. The van der Waals surface area contributed by atoms with Crippen LogP contribution in [0.3, 0.4) is 0 Å². The highest BCUT2D eigenvalue weighted by Crippen LogP contribution is 2.31. The fraction of sp³-hybridized carbons (Fsp3) is 0.500. The van der Waals surface area contributed by atoms with Crippen molar-refractivity contribution in [3.05, 3.63) is 23.8 Å². The maximum atomic E-state index is 12.4. The summed E-state index contributed by atoms with van der Waals surface area (Å²) in [6, 6.07) is 4.20. The quantitative estimate of drug-likeness (QED) is 0.372. The summed E-state index contributed by atoms with van der Waals surface area (Å²) in [5.74, 6) is -3.52. The van der Waals surface area contributed by atoms with Crippen molar-refractivity contribution in [3.8, 4) is 5.75 Å². The van der Waals surface area contributed by atoms with Crippen LogP contribution in [0, 0.1) is 0 Å². The molecule has 176 valence electrons. The molecule has 1 aliphatic rings. The van der Waals surface area contributed by atoms with Gasteiger partial charge in [-0.15, -0.1) is 0 Å². The van der Waals surface area contributed by atoms with Crippen LogP contribution in [-0.2, 0) is 49.5 Å². The Balaban J connectivity index is 2.50. The lowest BCUT2D eigenvalue weighted by Crippen LogP contribution is -2.65. The van der Waals surface area contributed by atoms with Crippen molar-refractivity contribution in [1.82, 2.24) is 0 Å². The van der Waals surface area contributed by atoms with E-state index in [-0.39, 0.29) is 17.0 Å². The van der Waals surface area contributed by atoms with E-state index in [4.69, 9.17) is 23.7 Å². The van der Waals surface area contributed by atoms with Gasteiger partial charge in [-0.2, -0.15) is 0 Å². The van der Waals surface area contributed by atoms with Gasteiger partial charge in [0.05, 0.1) is 13.7 Å². The summed E-state index contributed by atoms with van der Waals surface area (Å²) in [6.45, 7) is 2.88. The monoisotopic (exact) mass is 455 g/mol. The lowest BCUT2D eigenvalue weighted by molar-refractivity contribution is -0.244. The first-order chi connectivity index (χ1) is 15.1. The zero-order valence-corrected chi connectivity index (χ0v) is 17.9. The van der Waals surface area contributed by atoms with Crippen molar-refractivity contribution in [2.24, 2.45) is 0 Å². The molecule has 5 atom stereocenters. The molecule has 1 aromatic rings. The Labute approximate surface area is 183 Å². The maximum absolute atomic E-state index is 12.4. The van der Waals surface area contributed by atoms with Crippen LogP contribution in [0.25, 0.3) is 0 Å². The Morgan fingerprint density at radius 2 is 1.53 bits per heavy atom. The molecule has 1 aromatic carbocycles. The molecule has 0 aliphatic carbocycles. The molecule has 2 rings (SSSR count). The van der Waals surface area contributed by atoms with Crippen LogP contribution in [0.2, 0.25) is 0 Å². The number of aromatic hydroxyl groups is 1. The zero-order valence-electron chi connectivity index (χ0n) is 17.9. The van der Waals surface area contributed by atoms with Crippen LogP contribution in [0.4, 0.5) is 5.69 Å². The molecule has 1 saturated heterocycles. The molecule has 1 aliphatic heterocycles. The van der Waals surface area contributed by atoms with E-state index in [1.54, 1.807) is 0 Å². The number of ether oxygens (including phenoxy) is 5. The van der Waals surface area contributed by atoms with E-state index in [2.05, 4.69) is 5.32 Å². The van der Waals surface area contributed by atoms with E-state index >= 15 is 0 Å². The van der Waals surface area contributed by atoms with Gasteiger partial charge in [0, 0.05) is 38.1 Å². The van der Waals surface area contributed by atoms with Gasteiger partial charge in [-0.25, -0.2) is 4.79 Å². The molecule has 32 heavy (non-hydrogen) atoms. The molecule has 0 unspecified atom stereocenters. The van der Waals surface area contributed by atoms with Crippen molar-refractivity contribution < 1.29 is 53.1 Å². The molecule has 1 fully saturated rings. The van der Waals surface area contributed by atoms with Gasteiger partial charge in [-0.1, -0.05) is 6.07 Å². The van der Waals surface area contributed by atoms with E-state index in [0.717, 1.165) is 27.9 Å². The average Bonchev–Trinajstić information content (AvgIpc) is 2.70. The molecule has 0 aromatic heterocycles. The molecule has 0 spiro atoms. The number of rotatable bonds is 7. The number of hydrogen-bond donors (Lipinski definition) is 3. The summed E-state index contributed by atoms with van der Waals surface area (Å²) < 4.78 is 26.2. The lowest BCUT2D eigenvalue weighted by atomic mass is 9.96. The van der Waals surface area contributed by atoms with Gasteiger partial charge in [0.2, 0.25) is 0 Å². The van der Waals surface area contributed by atoms with Crippen LogP contribution in [0.15, 0.2) is 18.2 Å². The largest absolute Gasteiger partial charge is 0.508 e. The molecule has 12 heteroatoms. The molecular formula is C20H25NO11. The van der Waals surface area contributed by atoms with Gasteiger partial charge in [0.15, 0.2) is 30.6 Å². The van der Waals surface area contributed by atoms with Crippen LogP contribution in [-0.4, -0.2) is 71.8 Å². The molecular weight excluding hydrogens is 430 g/mol. The van der Waals surface area contributed by atoms with Gasteiger partial charge in [0.25, 0.3) is 0 Å². The van der Waals surface area contributed by atoms with Gasteiger partial charge in [-0.05, 0) is 6.07 Å². The van der Waals surface area contributed by atoms with E-state index in [1.165, 1.54) is 18.2 Å². The fourth-order valence-corrected chi connectivity index (χ4v) is 3.18. The van der Waals surface area contributed by atoms with Gasteiger partial charge in [0.1, 0.15) is 5.75 Å². The first-order valence-corrected chi connectivity index (χ1v) is 9.51. The minimum Gasteiger partial charge on any atom is -0.508 e. The number of carbonyl (C=O) groups excluding carboxylic acids is 4. The topological polar surface area (TPSA) is 167 Å². The third kappa shape index (κ3) is 6.08. The number of aliphatic hydroxyl groups is 1. The average molecular weight is 455 g/mol. The molecule has 0 radical (unpaired) electrons. The second-order valence-electron chi connectivity index (χ2n) is 6.87. The highest BCUT2D eigenvalue weighted by Gasteiger charge is 2.54. The predicted octanol–water partition coefficient (Wildman–Crippen LogP) is -0.0106. The summed E-state index contributed by atoms with van der Waals surface area (Å²) in [6.07, 6.45) is -7.10. The molecule has 0 amide bonds. The van der Waals surface area contributed by atoms with E-state index in [1.807, 2.05) is 0 Å². The molecule has 12 nitrogen and oxygen atoms in total. The number of esters is 4. The molecule has 3 N–H and O–H groups in total. The van der Waals surface area contributed by atoms with Crippen LogP contribution < -0.4 is 5.32 Å². The normalized spacial score (nSPS) is 24.7. The second kappa shape index (κ2) is 10.8. The Morgan fingerprint density at radius 3 is 2.03 bits per heavy atom. The third-order valence-corrected chi connectivity index (χ3v) is 4.44. The Morgan fingerprint density at radius 1 is 0.969 bits per heavy atom. The summed E-state index contributed by atoms with van der Waals surface area (Å²) in [5.41, 5.74) is 0.523. The van der Waals surface area contributed by atoms with Crippen LogP contribution in [0.5, 0.6) is 5.75 Å². The fourth-order valence-electron chi connectivity index (χ4n) is 3.18. The summed E-state index contributed by atoms with van der Waals surface area (Å²) in [5, 5.41) is 22.0. The summed E-state index contributed by atoms with van der Waals surface area (Å²) in [4.78, 5) is 47.6. The van der Waals surface area contributed by atoms with E-state index in [9.17, 15) is 29.4 Å². The Hall–Kier alpha value is -3.38. The predicted molar refractivity (Wildman–Crippen MR) is 105 cm³/mol. The zero-order chi connectivity index (χ0) is 24.0.